The Kier molecular flexibility index (Phi) is 7.20. The fourth-order valence-corrected chi connectivity index (χ4v) is 4.64. The van der Waals surface area contributed by atoms with E-state index in [9.17, 15) is 4.79 Å². The minimum Gasteiger partial charge on any atom is -0.354 e. The number of carbonyl (C=O) groups is 1. The lowest BCUT2D eigenvalue weighted by molar-refractivity contribution is 0.0767. The second kappa shape index (κ2) is 10.1. The first-order valence-corrected chi connectivity index (χ1v) is 12.0. The number of halogens is 2. The minimum atomic E-state index is -0.0247. The molecule has 0 unspecified atom stereocenters. The molecule has 0 saturated carbocycles. The number of hydrogen-bond donors (Lipinski definition) is 0. The maximum atomic E-state index is 13.1. The Balaban J connectivity index is 1.61. The molecule has 1 aromatic heterocycles. The van der Waals surface area contributed by atoms with Crippen LogP contribution in [-0.4, -0.2) is 47.0 Å². The van der Waals surface area contributed by atoms with Crippen LogP contribution in [0.1, 0.15) is 47.8 Å². The molecule has 0 radical (unpaired) electrons. The van der Waals surface area contributed by atoms with Gasteiger partial charge in [0.25, 0.3) is 5.91 Å². The van der Waals surface area contributed by atoms with Crippen LogP contribution in [-0.2, 0) is 0 Å². The van der Waals surface area contributed by atoms with E-state index < -0.39 is 0 Å². The van der Waals surface area contributed by atoms with Crippen LogP contribution < -0.4 is 4.90 Å². The summed E-state index contributed by atoms with van der Waals surface area (Å²) in [6.07, 6.45) is 0.855. The fraction of sp³-hybridized carbons (Fsp3) is 0.346. The molecule has 0 N–H and O–H groups in total. The molecule has 2 heterocycles. The van der Waals surface area contributed by atoms with Crippen molar-refractivity contribution < 1.29 is 4.79 Å². The van der Waals surface area contributed by atoms with E-state index in [4.69, 9.17) is 33.2 Å². The van der Waals surface area contributed by atoms with Crippen LogP contribution >= 0.6 is 23.2 Å². The van der Waals surface area contributed by atoms with Gasteiger partial charge in [-0.1, -0.05) is 67.4 Å². The van der Waals surface area contributed by atoms with Gasteiger partial charge in [-0.3, -0.25) is 4.79 Å². The van der Waals surface area contributed by atoms with Crippen molar-refractivity contribution in [1.29, 1.82) is 0 Å². The maximum Gasteiger partial charge on any atom is 0.253 e. The number of nitrogens with zero attached hydrogens (tertiary/aromatic N) is 4. The Morgan fingerprint density at radius 2 is 1.70 bits per heavy atom. The lowest BCUT2D eigenvalue weighted by atomic mass is 10.0. The zero-order valence-corrected chi connectivity index (χ0v) is 20.7. The Bertz CT molecular complexity index is 1150. The molecule has 2 aromatic carbocycles. The van der Waals surface area contributed by atoms with E-state index in [1.54, 1.807) is 18.2 Å². The molecule has 1 amide bonds. The van der Waals surface area contributed by atoms with Gasteiger partial charge in [0.05, 0.1) is 10.0 Å². The van der Waals surface area contributed by atoms with Crippen molar-refractivity contribution in [2.24, 2.45) is 0 Å². The predicted octanol–water partition coefficient (Wildman–Crippen LogP) is 6.23. The third kappa shape index (κ3) is 5.15. The van der Waals surface area contributed by atoms with Crippen molar-refractivity contribution in [2.75, 3.05) is 31.1 Å². The van der Waals surface area contributed by atoms with Crippen molar-refractivity contribution in [2.45, 2.75) is 33.1 Å². The largest absolute Gasteiger partial charge is 0.354 e. The second-order valence-electron chi connectivity index (χ2n) is 8.65. The molecule has 33 heavy (non-hydrogen) atoms. The molecule has 1 saturated heterocycles. The fourth-order valence-electron chi connectivity index (χ4n) is 4.34. The topological polar surface area (TPSA) is 49.3 Å². The number of amides is 1. The summed E-state index contributed by atoms with van der Waals surface area (Å²) in [7, 11) is 0. The summed E-state index contributed by atoms with van der Waals surface area (Å²) in [5, 5.41) is 0.843. The van der Waals surface area contributed by atoms with E-state index in [0.29, 0.717) is 41.2 Å². The van der Waals surface area contributed by atoms with Gasteiger partial charge in [-0.25, -0.2) is 9.97 Å². The molecule has 1 fully saturated rings. The molecular weight excluding hydrogens is 455 g/mol. The zero-order chi connectivity index (χ0) is 23.5. The summed E-state index contributed by atoms with van der Waals surface area (Å²) in [5.74, 6) is 1.98. The molecule has 0 atom stereocenters. The average molecular weight is 483 g/mol. The maximum absolute atomic E-state index is 13.1. The smallest absolute Gasteiger partial charge is 0.253 e. The average Bonchev–Trinajstić information content (AvgIpc) is 3.06. The molecule has 7 heteroatoms. The van der Waals surface area contributed by atoms with E-state index in [1.807, 2.05) is 35.2 Å². The van der Waals surface area contributed by atoms with Gasteiger partial charge in [0, 0.05) is 48.6 Å². The van der Waals surface area contributed by atoms with E-state index in [0.717, 1.165) is 35.9 Å². The third-order valence-electron chi connectivity index (χ3n) is 5.97. The van der Waals surface area contributed by atoms with Crippen LogP contribution in [0.2, 0.25) is 10.0 Å². The molecule has 5 nitrogen and oxygen atoms in total. The Morgan fingerprint density at radius 1 is 0.939 bits per heavy atom. The zero-order valence-electron chi connectivity index (χ0n) is 19.2. The van der Waals surface area contributed by atoms with Gasteiger partial charge in [0.1, 0.15) is 5.82 Å². The van der Waals surface area contributed by atoms with Crippen LogP contribution in [0.5, 0.6) is 0 Å². The monoisotopic (exact) mass is 482 g/mol. The van der Waals surface area contributed by atoms with Crippen LogP contribution in [0.4, 0.5) is 5.82 Å². The SMILES string of the molecule is Cc1nc(-c2ccccc2)nc(N2CCCN(C(=O)c3ccc(Cl)c(Cl)c3)CC2)c1C(C)C. The normalized spacial score (nSPS) is 14.5. The standard InChI is InChI=1S/C26H28Cl2N4O/c1-17(2)23-18(3)29-24(19-8-5-4-6-9-19)30-25(23)31-12-7-13-32(15-14-31)26(33)20-10-11-21(27)22(28)16-20/h4-6,8-11,16-17H,7,12-15H2,1-3H3. The number of hydrogen-bond acceptors (Lipinski definition) is 4. The molecular formula is C26H28Cl2N4O. The molecule has 1 aliphatic rings. The molecule has 3 aromatic rings. The van der Waals surface area contributed by atoms with Gasteiger partial charge >= 0.3 is 0 Å². The highest BCUT2D eigenvalue weighted by molar-refractivity contribution is 6.42. The molecule has 0 aliphatic carbocycles. The van der Waals surface area contributed by atoms with Gasteiger partial charge in [0.15, 0.2) is 5.82 Å². The number of benzene rings is 2. The van der Waals surface area contributed by atoms with Gasteiger partial charge in [-0.2, -0.15) is 0 Å². The van der Waals surface area contributed by atoms with E-state index >= 15 is 0 Å². The Labute approximate surface area is 205 Å². The number of aryl methyl sites for hydroxylation is 1. The molecule has 0 bridgehead atoms. The second-order valence-corrected chi connectivity index (χ2v) is 9.47. The lowest BCUT2D eigenvalue weighted by Crippen LogP contribution is -2.35. The quantitative estimate of drug-likeness (QED) is 0.441. The van der Waals surface area contributed by atoms with Crippen molar-refractivity contribution in [1.82, 2.24) is 14.9 Å². The summed E-state index contributed by atoms with van der Waals surface area (Å²) in [6.45, 7) is 9.24. The summed E-state index contributed by atoms with van der Waals surface area (Å²) < 4.78 is 0. The van der Waals surface area contributed by atoms with Crippen molar-refractivity contribution in [3.05, 3.63) is 75.4 Å². The van der Waals surface area contributed by atoms with Crippen LogP contribution in [0.15, 0.2) is 48.5 Å². The Morgan fingerprint density at radius 3 is 2.39 bits per heavy atom. The number of aromatic nitrogens is 2. The lowest BCUT2D eigenvalue weighted by Gasteiger charge is -2.27. The van der Waals surface area contributed by atoms with Gasteiger partial charge < -0.3 is 9.80 Å². The number of anilines is 1. The molecule has 0 spiro atoms. The third-order valence-corrected chi connectivity index (χ3v) is 6.71. The Hall–Kier alpha value is -2.63. The summed E-state index contributed by atoms with van der Waals surface area (Å²) >= 11 is 12.2. The highest BCUT2D eigenvalue weighted by atomic mass is 35.5. The minimum absolute atomic E-state index is 0.0247. The molecule has 4 rings (SSSR count). The number of carbonyl (C=O) groups excluding carboxylic acids is 1. The van der Waals surface area contributed by atoms with Gasteiger partial charge in [0.2, 0.25) is 0 Å². The van der Waals surface area contributed by atoms with Crippen molar-refractivity contribution in [3.8, 4) is 11.4 Å². The highest BCUT2D eigenvalue weighted by Gasteiger charge is 2.25. The van der Waals surface area contributed by atoms with Crippen molar-refractivity contribution in [3.63, 3.8) is 0 Å². The van der Waals surface area contributed by atoms with Crippen molar-refractivity contribution >= 4 is 34.9 Å². The van der Waals surface area contributed by atoms with Crippen LogP contribution in [0.3, 0.4) is 0 Å². The first kappa shape index (κ1) is 23.5. The first-order valence-electron chi connectivity index (χ1n) is 11.3. The van der Waals surface area contributed by atoms with Crippen LogP contribution in [0.25, 0.3) is 11.4 Å². The van der Waals surface area contributed by atoms with E-state index in [1.165, 1.54) is 5.56 Å². The molecule has 1 aliphatic heterocycles. The van der Waals surface area contributed by atoms with E-state index in [-0.39, 0.29) is 5.91 Å². The van der Waals surface area contributed by atoms with E-state index in [2.05, 4.69) is 25.7 Å². The summed E-state index contributed by atoms with van der Waals surface area (Å²) in [4.78, 5) is 27.1. The predicted molar refractivity (Wildman–Crippen MR) is 135 cm³/mol. The summed E-state index contributed by atoms with van der Waals surface area (Å²) in [5.41, 5.74) is 3.73. The first-order chi connectivity index (χ1) is 15.8. The summed E-state index contributed by atoms with van der Waals surface area (Å²) in [6, 6.07) is 15.1. The van der Waals surface area contributed by atoms with Gasteiger partial charge in [-0.15, -0.1) is 0 Å². The van der Waals surface area contributed by atoms with Crippen LogP contribution in [0, 0.1) is 6.92 Å². The number of rotatable bonds is 4. The van der Waals surface area contributed by atoms with Gasteiger partial charge in [-0.05, 0) is 37.5 Å². The highest BCUT2D eigenvalue weighted by Crippen LogP contribution is 2.31. The molecule has 172 valence electrons.